The molecule has 2 nitrogen and oxygen atoms in total. The fourth-order valence-electron chi connectivity index (χ4n) is 2.52. The van der Waals surface area contributed by atoms with Gasteiger partial charge in [0.05, 0.1) is 0 Å². The lowest BCUT2D eigenvalue weighted by Crippen LogP contribution is -2.12. The number of halogens is 1. The molecule has 1 heterocycles. The highest BCUT2D eigenvalue weighted by Crippen LogP contribution is 2.62. The maximum Gasteiger partial charge on any atom is 0.334 e. The standard InChI is InChI=1S/C18H18BrO2P/c1-18(2,3)14-9-10-17-15(11-14)16(12-22(19,20)21-17)13-7-5-4-6-8-13/h4-12H,1-3H3. The molecule has 22 heavy (non-hydrogen) atoms. The molecule has 1 aliphatic rings. The number of hydrogen-bond donors (Lipinski definition) is 0. The third-order valence-corrected chi connectivity index (χ3v) is 5.79. The minimum atomic E-state index is -2.95. The van der Waals surface area contributed by atoms with Crippen molar-refractivity contribution < 1.29 is 9.09 Å². The van der Waals surface area contributed by atoms with E-state index >= 15 is 0 Å². The number of rotatable bonds is 1. The van der Waals surface area contributed by atoms with Gasteiger partial charge >= 0.3 is 6.07 Å². The Labute approximate surface area is 139 Å². The molecule has 0 N–H and O–H groups in total. The van der Waals surface area contributed by atoms with Crippen LogP contribution in [-0.2, 0) is 9.98 Å². The monoisotopic (exact) mass is 376 g/mol. The second-order valence-electron chi connectivity index (χ2n) is 6.48. The van der Waals surface area contributed by atoms with Crippen molar-refractivity contribution in [1.82, 2.24) is 0 Å². The molecule has 1 aliphatic heterocycles. The van der Waals surface area contributed by atoms with Crippen molar-refractivity contribution in [3.63, 3.8) is 0 Å². The molecule has 2 aromatic rings. The molecule has 0 aliphatic carbocycles. The normalized spacial score (nSPS) is 20.8. The van der Waals surface area contributed by atoms with Gasteiger partial charge in [-0.2, -0.15) is 0 Å². The van der Waals surface area contributed by atoms with Gasteiger partial charge in [-0.3, -0.25) is 4.57 Å². The van der Waals surface area contributed by atoms with E-state index in [0.717, 1.165) is 16.7 Å². The molecular formula is C18H18BrO2P. The van der Waals surface area contributed by atoms with Crippen LogP contribution in [0.15, 0.2) is 54.3 Å². The van der Waals surface area contributed by atoms with Crippen LogP contribution in [-0.4, -0.2) is 0 Å². The van der Waals surface area contributed by atoms with Gasteiger partial charge in [-0.15, -0.1) is 0 Å². The maximum absolute atomic E-state index is 12.5. The molecule has 1 unspecified atom stereocenters. The zero-order valence-electron chi connectivity index (χ0n) is 12.8. The van der Waals surface area contributed by atoms with E-state index in [1.54, 1.807) is 5.82 Å². The van der Waals surface area contributed by atoms with Gasteiger partial charge in [0, 0.05) is 32.4 Å². The van der Waals surface area contributed by atoms with Gasteiger partial charge < -0.3 is 4.52 Å². The molecule has 0 spiro atoms. The first kappa shape index (κ1) is 15.6. The average Bonchev–Trinajstić information content (AvgIpc) is 2.45. The van der Waals surface area contributed by atoms with Crippen molar-refractivity contribution in [2.24, 2.45) is 0 Å². The second kappa shape index (κ2) is 5.40. The Morgan fingerprint density at radius 2 is 1.73 bits per heavy atom. The summed E-state index contributed by atoms with van der Waals surface area (Å²) in [6.45, 7) is 6.54. The van der Waals surface area contributed by atoms with E-state index in [0.29, 0.717) is 5.75 Å². The van der Waals surface area contributed by atoms with Gasteiger partial charge in [0.25, 0.3) is 0 Å². The molecule has 2 aromatic carbocycles. The average molecular weight is 377 g/mol. The van der Waals surface area contributed by atoms with Crippen LogP contribution in [0.3, 0.4) is 0 Å². The maximum atomic E-state index is 12.5. The predicted octanol–water partition coefficient (Wildman–Crippen LogP) is 6.35. The summed E-state index contributed by atoms with van der Waals surface area (Å²) in [5.41, 5.74) is 4.25. The lowest BCUT2D eigenvalue weighted by atomic mass is 9.84. The Morgan fingerprint density at radius 3 is 2.36 bits per heavy atom. The summed E-state index contributed by atoms with van der Waals surface area (Å²) in [5.74, 6) is 2.37. The molecule has 0 fully saturated rings. The molecular weight excluding hydrogens is 359 g/mol. The van der Waals surface area contributed by atoms with Gasteiger partial charge in [0.2, 0.25) is 0 Å². The Balaban J connectivity index is 2.22. The predicted molar refractivity (Wildman–Crippen MR) is 95.8 cm³/mol. The Hall–Kier alpha value is -1.31. The molecule has 0 amide bonds. The quantitative estimate of drug-likeness (QED) is 0.541. The lowest BCUT2D eigenvalue weighted by molar-refractivity contribution is 0.506. The fraction of sp³-hybridized carbons (Fsp3) is 0.222. The Kier molecular flexibility index (Phi) is 3.82. The molecule has 114 valence electrons. The molecule has 0 saturated carbocycles. The van der Waals surface area contributed by atoms with Crippen molar-refractivity contribution in [2.45, 2.75) is 26.2 Å². The van der Waals surface area contributed by atoms with Crippen LogP contribution < -0.4 is 4.52 Å². The second-order valence-corrected chi connectivity index (χ2v) is 10.9. The lowest BCUT2D eigenvalue weighted by Gasteiger charge is -2.26. The minimum Gasteiger partial charge on any atom is -0.432 e. The Bertz CT molecular complexity index is 788. The van der Waals surface area contributed by atoms with Crippen molar-refractivity contribution >= 4 is 27.1 Å². The largest absolute Gasteiger partial charge is 0.432 e. The third kappa shape index (κ3) is 3.06. The smallest absolute Gasteiger partial charge is 0.334 e. The highest BCUT2D eigenvalue weighted by molar-refractivity contribution is 9.40. The number of fused-ring (bicyclic) bond motifs is 1. The van der Waals surface area contributed by atoms with E-state index in [9.17, 15) is 4.57 Å². The first-order valence-corrected chi connectivity index (χ1v) is 10.9. The van der Waals surface area contributed by atoms with Crippen LogP contribution in [0.4, 0.5) is 0 Å². The fourth-order valence-corrected chi connectivity index (χ4v) is 4.68. The number of hydrogen-bond acceptors (Lipinski definition) is 2. The van der Waals surface area contributed by atoms with Crippen molar-refractivity contribution in [1.29, 1.82) is 0 Å². The zero-order chi connectivity index (χ0) is 16.0. The van der Waals surface area contributed by atoms with Crippen LogP contribution in [0, 0.1) is 0 Å². The molecule has 0 aromatic heterocycles. The highest BCUT2D eigenvalue weighted by atomic mass is 79.9. The van der Waals surface area contributed by atoms with Crippen LogP contribution in [0.25, 0.3) is 5.57 Å². The highest BCUT2D eigenvalue weighted by Gasteiger charge is 2.29. The van der Waals surface area contributed by atoms with E-state index in [1.807, 2.05) is 42.5 Å². The first-order valence-electron chi connectivity index (χ1n) is 7.18. The van der Waals surface area contributed by atoms with Crippen molar-refractivity contribution in [3.8, 4) is 5.75 Å². The van der Waals surface area contributed by atoms with Crippen LogP contribution in [0.5, 0.6) is 5.75 Å². The van der Waals surface area contributed by atoms with Crippen molar-refractivity contribution in [3.05, 3.63) is 71.0 Å². The first-order chi connectivity index (χ1) is 10.3. The van der Waals surface area contributed by atoms with Crippen LogP contribution in [0.2, 0.25) is 0 Å². The van der Waals surface area contributed by atoms with E-state index in [1.165, 1.54) is 5.56 Å². The number of benzene rings is 2. The molecule has 4 heteroatoms. The molecule has 0 saturated heterocycles. The zero-order valence-corrected chi connectivity index (χ0v) is 15.3. The molecule has 3 rings (SSSR count). The summed E-state index contributed by atoms with van der Waals surface area (Å²) in [4.78, 5) is 0. The van der Waals surface area contributed by atoms with E-state index in [-0.39, 0.29) is 5.41 Å². The van der Waals surface area contributed by atoms with E-state index < -0.39 is 6.07 Å². The summed E-state index contributed by atoms with van der Waals surface area (Å²) in [6, 6.07) is 16.1. The minimum absolute atomic E-state index is 0.0480. The van der Waals surface area contributed by atoms with Crippen molar-refractivity contribution in [2.75, 3.05) is 0 Å². The Morgan fingerprint density at radius 1 is 1.05 bits per heavy atom. The van der Waals surface area contributed by atoms with Gasteiger partial charge in [0.15, 0.2) is 0 Å². The summed E-state index contributed by atoms with van der Waals surface area (Å²) < 4.78 is 18.1. The van der Waals surface area contributed by atoms with Crippen LogP contribution >= 0.6 is 21.6 Å². The molecule has 0 radical (unpaired) electrons. The molecule has 0 bridgehead atoms. The van der Waals surface area contributed by atoms with Gasteiger partial charge in [-0.1, -0.05) is 57.2 Å². The summed E-state index contributed by atoms with van der Waals surface area (Å²) in [6.07, 6.45) is -2.95. The SMILES string of the molecule is CC(C)(C)c1ccc2c(c1)C(c1ccccc1)=CP(=O)(Br)O2. The van der Waals surface area contributed by atoms with Gasteiger partial charge in [0.1, 0.15) is 5.75 Å². The van der Waals surface area contributed by atoms with Gasteiger partial charge in [-0.05, 0) is 28.7 Å². The summed E-state index contributed by atoms with van der Waals surface area (Å²) in [7, 11) is 0. The third-order valence-electron chi connectivity index (χ3n) is 3.73. The molecule has 1 atom stereocenters. The van der Waals surface area contributed by atoms with Gasteiger partial charge in [-0.25, -0.2) is 0 Å². The summed E-state index contributed by atoms with van der Waals surface area (Å²) in [5, 5.41) is 0. The van der Waals surface area contributed by atoms with E-state index in [4.69, 9.17) is 4.52 Å². The summed E-state index contributed by atoms with van der Waals surface area (Å²) >= 11 is 3.21. The van der Waals surface area contributed by atoms with Crippen LogP contribution in [0.1, 0.15) is 37.5 Å². The van der Waals surface area contributed by atoms with E-state index in [2.05, 4.69) is 42.3 Å². The topological polar surface area (TPSA) is 26.3 Å².